The Kier molecular flexibility index (Phi) is 10.5. The van der Waals surface area contributed by atoms with Gasteiger partial charge in [0.25, 0.3) is 0 Å². The Labute approximate surface area is 216 Å². The number of hydrogen-bond donors (Lipinski definition) is 0. The van der Waals surface area contributed by atoms with Gasteiger partial charge in [0.15, 0.2) is 11.6 Å². The molecule has 1 aliphatic rings. The summed E-state index contributed by atoms with van der Waals surface area (Å²) in [5.74, 6) is -1.05. The Morgan fingerprint density at radius 1 is 0.917 bits per heavy atom. The molecule has 0 aromatic heterocycles. The number of hydrogen-bond acceptors (Lipinski definition) is 3. The lowest BCUT2D eigenvalue weighted by atomic mass is 9.80. The first-order chi connectivity index (χ1) is 17.2. The first-order valence-corrected chi connectivity index (χ1v) is 17.3. The standard InChI is InChI=1S/C30H42F2O3Si/c1-5-6-7-9-22-10-12-24(13-11-22)30(33)35-25-16-14-23(15-17-25)26-18-19-27(29(32)28(26)31)34-20-8-21-36(2,3)4/h14-19,22,24H,5-13,20-21H2,1-4H3. The molecule has 0 amide bonds. The van der Waals surface area contributed by atoms with E-state index >= 15 is 0 Å². The highest BCUT2D eigenvalue weighted by molar-refractivity contribution is 6.76. The molecule has 1 aliphatic carbocycles. The summed E-state index contributed by atoms with van der Waals surface area (Å²) in [5, 5.41) is 0. The molecule has 3 nitrogen and oxygen atoms in total. The maximum absolute atomic E-state index is 14.8. The fourth-order valence-corrected chi connectivity index (χ4v) is 6.13. The summed E-state index contributed by atoms with van der Waals surface area (Å²) in [6, 6.07) is 10.7. The molecule has 0 bridgehead atoms. The zero-order valence-corrected chi connectivity index (χ0v) is 23.4. The van der Waals surface area contributed by atoms with E-state index in [0.29, 0.717) is 17.9 Å². The number of benzene rings is 2. The van der Waals surface area contributed by atoms with Gasteiger partial charge in [0, 0.05) is 13.6 Å². The predicted molar refractivity (Wildman–Crippen MR) is 145 cm³/mol. The lowest BCUT2D eigenvalue weighted by Crippen LogP contribution is -2.25. The fourth-order valence-electron chi connectivity index (χ4n) is 4.92. The highest BCUT2D eigenvalue weighted by atomic mass is 28.3. The minimum absolute atomic E-state index is 0.0579. The van der Waals surface area contributed by atoms with Gasteiger partial charge in [-0.25, -0.2) is 4.39 Å². The van der Waals surface area contributed by atoms with Crippen LogP contribution in [0.15, 0.2) is 36.4 Å². The smallest absolute Gasteiger partial charge is 0.314 e. The van der Waals surface area contributed by atoms with E-state index in [1.54, 1.807) is 24.3 Å². The summed E-state index contributed by atoms with van der Waals surface area (Å²) in [4.78, 5) is 12.6. The van der Waals surface area contributed by atoms with E-state index in [-0.39, 0.29) is 23.2 Å². The zero-order valence-electron chi connectivity index (χ0n) is 22.4. The molecule has 0 aliphatic heterocycles. The van der Waals surface area contributed by atoms with Crippen molar-refractivity contribution in [2.75, 3.05) is 6.61 Å². The molecule has 0 N–H and O–H groups in total. The van der Waals surface area contributed by atoms with Crippen LogP contribution in [-0.4, -0.2) is 20.7 Å². The molecule has 1 saturated carbocycles. The normalized spacial score (nSPS) is 18.2. The van der Waals surface area contributed by atoms with Crippen molar-refractivity contribution in [3.8, 4) is 22.6 Å². The first-order valence-electron chi connectivity index (χ1n) is 13.6. The second-order valence-corrected chi connectivity index (χ2v) is 17.0. The van der Waals surface area contributed by atoms with Gasteiger partial charge in [-0.2, -0.15) is 4.39 Å². The number of ether oxygens (including phenoxy) is 2. The second kappa shape index (κ2) is 13.4. The Balaban J connectivity index is 1.53. The lowest BCUT2D eigenvalue weighted by molar-refractivity contribution is -0.140. The van der Waals surface area contributed by atoms with E-state index in [0.717, 1.165) is 44.1 Å². The Hall–Kier alpha value is -2.21. The Morgan fingerprint density at radius 2 is 1.61 bits per heavy atom. The average Bonchev–Trinajstić information content (AvgIpc) is 2.85. The fraction of sp³-hybridized carbons (Fsp3) is 0.567. The van der Waals surface area contributed by atoms with Gasteiger partial charge < -0.3 is 9.47 Å². The third-order valence-corrected chi connectivity index (χ3v) is 9.01. The van der Waals surface area contributed by atoms with Gasteiger partial charge in [-0.1, -0.05) is 70.4 Å². The van der Waals surface area contributed by atoms with Gasteiger partial charge in [0.05, 0.1) is 12.5 Å². The molecule has 2 aromatic rings. The van der Waals surface area contributed by atoms with Crippen molar-refractivity contribution in [3.63, 3.8) is 0 Å². The second-order valence-electron chi connectivity index (χ2n) is 11.4. The molecule has 0 unspecified atom stereocenters. The van der Waals surface area contributed by atoms with Gasteiger partial charge in [-0.05, 0) is 67.9 Å². The van der Waals surface area contributed by atoms with Crippen LogP contribution >= 0.6 is 0 Å². The van der Waals surface area contributed by atoms with E-state index in [1.807, 2.05) is 0 Å². The summed E-state index contributed by atoms with van der Waals surface area (Å²) >= 11 is 0. The van der Waals surface area contributed by atoms with Crippen LogP contribution in [0.5, 0.6) is 11.5 Å². The summed E-state index contributed by atoms with van der Waals surface area (Å²) in [7, 11) is -1.19. The zero-order chi connectivity index (χ0) is 26.1. The van der Waals surface area contributed by atoms with Crippen molar-refractivity contribution < 1.29 is 23.0 Å². The van der Waals surface area contributed by atoms with E-state index in [1.165, 1.54) is 37.8 Å². The average molecular weight is 517 g/mol. The van der Waals surface area contributed by atoms with Crippen molar-refractivity contribution in [1.29, 1.82) is 0 Å². The van der Waals surface area contributed by atoms with Crippen LogP contribution in [0.4, 0.5) is 8.78 Å². The van der Waals surface area contributed by atoms with Gasteiger partial charge in [0.2, 0.25) is 5.82 Å². The summed E-state index contributed by atoms with van der Waals surface area (Å²) in [6.07, 6.45) is 9.83. The predicted octanol–water partition coefficient (Wildman–Crippen LogP) is 9.03. The Bertz CT molecular complexity index is 977. The van der Waals surface area contributed by atoms with Crippen LogP contribution in [0.25, 0.3) is 11.1 Å². The molecule has 198 valence electrons. The monoisotopic (exact) mass is 516 g/mol. The molecular weight excluding hydrogens is 474 g/mol. The SMILES string of the molecule is CCCCCC1CCC(C(=O)Oc2ccc(-c3ccc(OCCC[Si](C)(C)C)c(F)c3F)cc2)CC1. The van der Waals surface area contributed by atoms with Crippen LogP contribution in [0.3, 0.4) is 0 Å². The Morgan fingerprint density at radius 3 is 2.25 bits per heavy atom. The number of carbonyl (C=O) groups excluding carboxylic acids is 1. The molecule has 36 heavy (non-hydrogen) atoms. The topological polar surface area (TPSA) is 35.5 Å². The largest absolute Gasteiger partial charge is 0.490 e. The van der Waals surface area contributed by atoms with Gasteiger partial charge in [0.1, 0.15) is 5.75 Å². The van der Waals surface area contributed by atoms with Crippen molar-refractivity contribution in [2.24, 2.45) is 11.8 Å². The van der Waals surface area contributed by atoms with Crippen molar-refractivity contribution in [1.82, 2.24) is 0 Å². The van der Waals surface area contributed by atoms with Crippen LogP contribution in [0.1, 0.15) is 64.7 Å². The lowest BCUT2D eigenvalue weighted by Gasteiger charge is -2.27. The highest BCUT2D eigenvalue weighted by Crippen LogP contribution is 2.34. The van der Waals surface area contributed by atoms with Crippen molar-refractivity contribution in [3.05, 3.63) is 48.0 Å². The number of halogens is 2. The van der Waals surface area contributed by atoms with E-state index in [9.17, 15) is 13.6 Å². The van der Waals surface area contributed by atoms with E-state index < -0.39 is 19.7 Å². The number of unbranched alkanes of at least 4 members (excludes halogenated alkanes) is 2. The maximum Gasteiger partial charge on any atom is 0.314 e. The highest BCUT2D eigenvalue weighted by Gasteiger charge is 2.27. The minimum Gasteiger partial charge on any atom is -0.490 e. The number of rotatable bonds is 12. The minimum atomic E-state index is -1.19. The molecule has 3 rings (SSSR count). The van der Waals surface area contributed by atoms with Crippen molar-refractivity contribution in [2.45, 2.75) is 90.4 Å². The van der Waals surface area contributed by atoms with Crippen LogP contribution in [0.2, 0.25) is 25.7 Å². The molecule has 6 heteroatoms. The molecule has 0 spiro atoms. The van der Waals surface area contributed by atoms with Crippen LogP contribution < -0.4 is 9.47 Å². The van der Waals surface area contributed by atoms with Gasteiger partial charge >= 0.3 is 5.97 Å². The summed E-state index contributed by atoms with van der Waals surface area (Å²) in [6.45, 7) is 9.41. The molecule has 1 fully saturated rings. The maximum atomic E-state index is 14.8. The molecule has 0 radical (unpaired) electrons. The quantitative estimate of drug-likeness (QED) is 0.122. The summed E-state index contributed by atoms with van der Waals surface area (Å²) in [5.41, 5.74) is 0.672. The third-order valence-electron chi connectivity index (χ3n) is 7.16. The summed E-state index contributed by atoms with van der Waals surface area (Å²) < 4.78 is 40.5. The van der Waals surface area contributed by atoms with Crippen LogP contribution in [0, 0.1) is 23.5 Å². The number of esters is 1. The molecular formula is C30H42F2O3Si. The number of carbonyl (C=O) groups is 1. The molecule has 2 aromatic carbocycles. The molecule has 0 atom stereocenters. The van der Waals surface area contributed by atoms with Crippen molar-refractivity contribution >= 4 is 14.0 Å². The van der Waals surface area contributed by atoms with E-state index in [4.69, 9.17) is 9.47 Å². The molecule has 0 saturated heterocycles. The molecule has 0 heterocycles. The van der Waals surface area contributed by atoms with Crippen LogP contribution in [-0.2, 0) is 4.79 Å². The van der Waals surface area contributed by atoms with Gasteiger partial charge in [-0.15, -0.1) is 0 Å². The van der Waals surface area contributed by atoms with Gasteiger partial charge in [-0.3, -0.25) is 4.79 Å². The first kappa shape index (κ1) is 28.4. The third kappa shape index (κ3) is 8.43. The van der Waals surface area contributed by atoms with E-state index in [2.05, 4.69) is 26.6 Å².